The highest BCUT2D eigenvalue weighted by molar-refractivity contribution is 5.92. The summed E-state index contributed by atoms with van der Waals surface area (Å²) in [6.45, 7) is 6.85. The van der Waals surface area contributed by atoms with Gasteiger partial charge in [-0.1, -0.05) is 90.5 Å². The van der Waals surface area contributed by atoms with Crippen LogP contribution in [0.25, 0.3) is 16.3 Å². The molecule has 8 rings (SSSR count). The molecule has 2 aliphatic carbocycles. The minimum absolute atomic E-state index is 0.255. The van der Waals surface area contributed by atoms with E-state index in [9.17, 15) is 0 Å². The molecule has 2 saturated heterocycles. The number of nitrogens with zero attached hydrogens (tertiary/aromatic N) is 2. The molecule has 2 nitrogen and oxygen atoms in total. The summed E-state index contributed by atoms with van der Waals surface area (Å²) in [6, 6.07) is 32.6. The largest absolute Gasteiger partial charge is 0.372 e. The molecule has 0 amide bonds. The van der Waals surface area contributed by atoms with Crippen molar-refractivity contribution >= 4 is 22.0 Å². The molecule has 4 aliphatic rings. The van der Waals surface area contributed by atoms with Gasteiger partial charge in [0.15, 0.2) is 0 Å². The standard InChI is InChI=1S/C41H42N2/c1-29-15-17-31(18-16-29)40-36-21-19-33(43-25-8-3-9-26-43)28-39(36)41(35-14-10-12-30-11-4-5-13-34(30)35)37-22-20-32(27-38(37)40)42-23-6-2-7-24-42/h4-5,10-22,27-28,39,41H,2-3,6-9,23-26H2,1H3. The maximum absolute atomic E-state index is 2.64. The Morgan fingerprint density at radius 1 is 0.628 bits per heavy atom. The highest BCUT2D eigenvalue weighted by Crippen LogP contribution is 2.52. The zero-order chi connectivity index (χ0) is 28.8. The number of likely N-dealkylation sites (tertiary alicyclic amines) is 1. The Morgan fingerprint density at radius 2 is 1.35 bits per heavy atom. The maximum Gasteiger partial charge on any atom is 0.0372 e. The lowest BCUT2D eigenvalue weighted by Gasteiger charge is -2.40. The van der Waals surface area contributed by atoms with Crippen LogP contribution >= 0.6 is 0 Å². The number of rotatable bonds is 4. The van der Waals surface area contributed by atoms with Crippen LogP contribution in [0.1, 0.15) is 72.3 Å². The number of hydrogen-bond donors (Lipinski definition) is 0. The Kier molecular flexibility index (Phi) is 6.94. The highest BCUT2D eigenvalue weighted by atomic mass is 15.1. The average molecular weight is 563 g/mol. The van der Waals surface area contributed by atoms with Crippen LogP contribution < -0.4 is 4.90 Å². The second-order valence-corrected chi connectivity index (χ2v) is 13.1. The summed E-state index contributed by atoms with van der Waals surface area (Å²) in [5.41, 5.74) is 12.6. The van der Waals surface area contributed by atoms with E-state index in [1.165, 1.54) is 113 Å². The molecule has 0 radical (unpaired) electrons. The lowest BCUT2D eigenvalue weighted by Crippen LogP contribution is -2.32. The summed E-state index contributed by atoms with van der Waals surface area (Å²) in [5.74, 6) is 0.530. The van der Waals surface area contributed by atoms with Gasteiger partial charge in [-0.3, -0.25) is 0 Å². The molecule has 2 fully saturated rings. The normalized spacial score (nSPS) is 21.9. The Bertz CT molecular complexity index is 1740. The van der Waals surface area contributed by atoms with Crippen LogP contribution in [0.5, 0.6) is 0 Å². The SMILES string of the molecule is Cc1ccc(C2=C3C=CC(N4CCCCC4)=CC3C(c3cccc4ccccc34)c3ccc(N4CCCCC4)cc32)cc1. The van der Waals surface area contributed by atoms with Crippen LogP contribution in [0.2, 0.25) is 0 Å². The number of piperidine rings is 2. The van der Waals surface area contributed by atoms with E-state index in [-0.39, 0.29) is 11.8 Å². The van der Waals surface area contributed by atoms with Gasteiger partial charge in [0, 0.05) is 49.4 Å². The molecule has 0 saturated carbocycles. The lowest BCUT2D eigenvalue weighted by atomic mass is 9.65. The molecular formula is C41H42N2. The van der Waals surface area contributed by atoms with E-state index >= 15 is 0 Å². The Hall–Kier alpha value is -4.04. The van der Waals surface area contributed by atoms with E-state index in [0.717, 1.165) is 13.1 Å². The van der Waals surface area contributed by atoms with Gasteiger partial charge in [-0.25, -0.2) is 0 Å². The third-order valence-electron chi connectivity index (χ3n) is 10.4. The van der Waals surface area contributed by atoms with Crippen molar-refractivity contribution in [1.29, 1.82) is 0 Å². The van der Waals surface area contributed by atoms with Crippen molar-refractivity contribution in [3.8, 4) is 0 Å². The lowest BCUT2D eigenvalue weighted by molar-refractivity contribution is 0.290. The van der Waals surface area contributed by atoms with Crippen molar-refractivity contribution in [3.05, 3.63) is 142 Å². The van der Waals surface area contributed by atoms with E-state index in [1.807, 2.05) is 0 Å². The van der Waals surface area contributed by atoms with Crippen LogP contribution in [0.15, 0.2) is 114 Å². The zero-order valence-corrected chi connectivity index (χ0v) is 25.4. The molecule has 43 heavy (non-hydrogen) atoms. The third kappa shape index (κ3) is 4.82. The van der Waals surface area contributed by atoms with Crippen LogP contribution in [-0.4, -0.2) is 31.1 Å². The second-order valence-electron chi connectivity index (χ2n) is 13.1. The Labute approximate surface area is 257 Å². The van der Waals surface area contributed by atoms with E-state index in [0.29, 0.717) is 0 Å². The van der Waals surface area contributed by atoms with Gasteiger partial charge in [0.25, 0.3) is 0 Å². The predicted molar refractivity (Wildman–Crippen MR) is 182 cm³/mol. The summed E-state index contributed by atoms with van der Waals surface area (Å²) < 4.78 is 0. The van der Waals surface area contributed by atoms with Gasteiger partial charge in [0.1, 0.15) is 0 Å². The van der Waals surface area contributed by atoms with Gasteiger partial charge < -0.3 is 9.80 Å². The second kappa shape index (κ2) is 11.2. The molecule has 2 unspecified atom stereocenters. The fraction of sp³-hybridized carbons (Fsp3) is 0.317. The molecule has 0 aromatic heterocycles. The molecule has 2 atom stereocenters. The number of benzene rings is 4. The summed E-state index contributed by atoms with van der Waals surface area (Å²) in [5, 5.41) is 2.70. The molecule has 2 heterocycles. The van der Waals surface area contributed by atoms with Gasteiger partial charge in [0.2, 0.25) is 0 Å². The highest BCUT2D eigenvalue weighted by Gasteiger charge is 2.38. The first kappa shape index (κ1) is 26.6. The van der Waals surface area contributed by atoms with Crippen molar-refractivity contribution in [2.45, 2.75) is 51.4 Å². The van der Waals surface area contributed by atoms with Crippen molar-refractivity contribution in [2.75, 3.05) is 31.1 Å². The van der Waals surface area contributed by atoms with Gasteiger partial charge in [-0.05, 0) is 108 Å². The van der Waals surface area contributed by atoms with Crippen LogP contribution in [0.4, 0.5) is 5.69 Å². The number of hydrogen-bond acceptors (Lipinski definition) is 2. The zero-order valence-electron chi connectivity index (χ0n) is 25.4. The Balaban J connectivity index is 1.38. The van der Waals surface area contributed by atoms with Gasteiger partial charge in [-0.2, -0.15) is 0 Å². The van der Waals surface area contributed by atoms with E-state index in [4.69, 9.17) is 0 Å². The topological polar surface area (TPSA) is 6.48 Å². The molecule has 0 bridgehead atoms. The smallest absolute Gasteiger partial charge is 0.0372 e. The van der Waals surface area contributed by atoms with Crippen LogP contribution in [0.3, 0.4) is 0 Å². The molecule has 4 aromatic rings. The minimum Gasteiger partial charge on any atom is -0.372 e. The van der Waals surface area contributed by atoms with Crippen molar-refractivity contribution in [3.63, 3.8) is 0 Å². The van der Waals surface area contributed by atoms with Crippen LogP contribution in [0, 0.1) is 12.8 Å². The molecule has 2 aliphatic heterocycles. The minimum atomic E-state index is 0.255. The first-order valence-electron chi connectivity index (χ1n) is 16.6. The first-order valence-corrected chi connectivity index (χ1v) is 16.6. The summed E-state index contributed by atoms with van der Waals surface area (Å²) >= 11 is 0. The molecule has 2 heteroatoms. The molecule has 4 aromatic carbocycles. The van der Waals surface area contributed by atoms with Crippen LogP contribution in [-0.2, 0) is 0 Å². The fourth-order valence-electron chi connectivity index (χ4n) is 8.16. The fourth-order valence-corrected chi connectivity index (χ4v) is 8.16. The van der Waals surface area contributed by atoms with Crippen molar-refractivity contribution in [1.82, 2.24) is 4.90 Å². The summed E-state index contributed by atoms with van der Waals surface area (Å²) in [4.78, 5) is 5.25. The maximum atomic E-state index is 2.64. The number of aryl methyl sites for hydroxylation is 1. The van der Waals surface area contributed by atoms with E-state index in [1.54, 1.807) is 0 Å². The van der Waals surface area contributed by atoms with Gasteiger partial charge in [0.05, 0.1) is 0 Å². The third-order valence-corrected chi connectivity index (χ3v) is 10.4. The predicted octanol–water partition coefficient (Wildman–Crippen LogP) is 9.64. The molecule has 216 valence electrons. The summed E-state index contributed by atoms with van der Waals surface area (Å²) in [7, 11) is 0. The van der Waals surface area contributed by atoms with E-state index in [2.05, 4.69) is 120 Å². The molecule has 0 spiro atoms. The number of anilines is 1. The van der Waals surface area contributed by atoms with Gasteiger partial charge >= 0.3 is 0 Å². The molecule has 0 N–H and O–H groups in total. The quantitative estimate of drug-likeness (QED) is 0.244. The van der Waals surface area contributed by atoms with E-state index < -0.39 is 0 Å². The Morgan fingerprint density at radius 3 is 2.14 bits per heavy atom. The first-order chi connectivity index (χ1) is 21.2. The van der Waals surface area contributed by atoms with Crippen molar-refractivity contribution in [2.24, 2.45) is 5.92 Å². The van der Waals surface area contributed by atoms with Gasteiger partial charge in [-0.15, -0.1) is 0 Å². The average Bonchev–Trinajstić information content (AvgIpc) is 3.08. The monoisotopic (exact) mass is 562 g/mol. The number of allylic oxidation sites excluding steroid dienone is 4. The summed E-state index contributed by atoms with van der Waals surface area (Å²) in [6.07, 6.45) is 15.4. The number of fused-ring (bicyclic) bond motifs is 3. The molecular weight excluding hydrogens is 520 g/mol. The van der Waals surface area contributed by atoms with Crippen molar-refractivity contribution < 1.29 is 0 Å².